The number of carbonyl (C=O) groups is 1. The van der Waals surface area contributed by atoms with Gasteiger partial charge in [0.1, 0.15) is 5.56 Å². The van der Waals surface area contributed by atoms with E-state index in [-0.39, 0.29) is 5.56 Å². The summed E-state index contributed by atoms with van der Waals surface area (Å²) < 4.78 is 1.74. The molecule has 0 spiro atoms. The minimum atomic E-state index is -1.20. The molecular formula is C16H15NO3. The van der Waals surface area contributed by atoms with Crippen LogP contribution in [0.5, 0.6) is 0 Å². The first-order valence-electron chi connectivity index (χ1n) is 6.24. The van der Waals surface area contributed by atoms with Gasteiger partial charge in [-0.05, 0) is 12.5 Å². The number of aromatic nitrogens is 1. The zero-order valence-corrected chi connectivity index (χ0v) is 11.1. The second-order valence-electron chi connectivity index (χ2n) is 4.46. The molecule has 1 heterocycles. The van der Waals surface area contributed by atoms with Crippen LogP contribution in [0.1, 0.15) is 21.6 Å². The molecule has 0 bridgehead atoms. The summed E-state index contributed by atoms with van der Waals surface area (Å²) in [7, 11) is 0. The SMILES string of the molecule is Cc1cc(=O)c(C(=O)O)cn1C/C=C/c1ccccc1. The Hall–Kier alpha value is -2.62. The Morgan fingerprint density at radius 3 is 2.65 bits per heavy atom. The van der Waals surface area contributed by atoms with Gasteiger partial charge in [-0.1, -0.05) is 42.5 Å². The molecule has 4 heteroatoms. The van der Waals surface area contributed by atoms with Crippen molar-refractivity contribution in [3.8, 4) is 0 Å². The van der Waals surface area contributed by atoms with Crippen LogP contribution in [0.25, 0.3) is 6.08 Å². The lowest BCUT2D eigenvalue weighted by Gasteiger charge is -2.08. The lowest BCUT2D eigenvalue weighted by atomic mass is 10.2. The summed E-state index contributed by atoms with van der Waals surface area (Å²) in [4.78, 5) is 22.5. The number of carboxylic acid groups (broad SMARTS) is 1. The Balaban J connectivity index is 2.22. The number of aromatic carboxylic acids is 1. The molecule has 2 aromatic rings. The molecule has 0 saturated carbocycles. The fourth-order valence-corrected chi connectivity index (χ4v) is 1.90. The molecule has 0 radical (unpaired) electrons. The van der Waals surface area contributed by atoms with E-state index in [1.165, 1.54) is 12.3 Å². The largest absolute Gasteiger partial charge is 0.477 e. The smallest absolute Gasteiger partial charge is 0.341 e. The van der Waals surface area contributed by atoms with E-state index in [4.69, 9.17) is 5.11 Å². The van der Waals surface area contributed by atoms with Crippen molar-refractivity contribution in [1.82, 2.24) is 4.57 Å². The first kappa shape index (κ1) is 13.8. The van der Waals surface area contributed by atoms with Crippen LogP contribution in [0, 0.1) is 6.92 Å². The van der Waals surface area contributed by atoms with Crippen molar-refractivity contribution in [2.75, 3.05) is 0 Å². The number of aryl methyl sites for hydroxylation is 1. The van der Waals surface area contributed by atoms with Gasteiger partial charge in [-0.2, -0.15) is 0 Å². The Labute approximate surface area is 116 Å². The highest BCUT2D eigenvalue weighted by Gasteiger charge is 2.09. The van der Waals surface area contributed by atoms with E-state index in [1.54, 1.807) is 11.5 Å². The molecule has 0 saturated heterocycles. The summed E-state index contributed by atoms with van der Waals surface area (Å²) in [6, 6.07) is 11.2. The van der Waals surface area contributed by atoms with Crippen LogP contribution in [0.4, 0.5) is 0 Å². The predicted molar refractivity (Wildman–Crippen MR) is 77.9 cm³/mol. The molecule has 2 rings (SSSR count). The van der Waals surface area contributed by atoms with Gasteiger partial charge in [-0.15, -0.1) is 0 Å². The lowest BCUT2D eigenvalue weighted by molar-refractivity contribution is 0.0694. The van der Waals surface area contributed by atoms with Gasteiger partial charge in [-0.3, -0.25) is 4.79 Å². The Morgan fingerprint density at radius 2 is 2.00 bits per heavy atom. The van der Waals surface area contributed by atoms with Crippen molar-refractivity contribution in [2.45, 2.75) is 13.5 Å². The molecule has 102 valence electrons. The third-order valence-electron chi connectivity index (χ3n) is 2.99. The van der Waals surface area contributed by atoms with Gasteiger partial charge in [0.05, 0.1) is 0 Å². The first-order valence-corrected chi connectivity index (χ1v) is 6.24. The van der Waals surface area contributed by atoms with Gasteiger partial charge < -0.3 is 9.67 Å². The molecular weight excluding hydrogens is 254 g/mol. The molecule has 0 fully saturated rings. The third kappa shape index (κ3) is 3.23. The number of hydrogen-bond donors (Lipinski definition) is 1. The number of nitrogens with zero attached hydrogens (tertiary/aromatic N) is 1. The van der Waals surface area contributed by atoms with E-state index in [0.29, 0.717) is 6.54 Å². The summed E-state index contributed by atoms with van der Waals surface area (Å²) in [5.41, 5.74) is 1.14. The van der Waals surface area contributed by atoms with E-state index < -0.39 is 11.4 Å². The molecule has 20 heavy (non-hydrogen) atoms. The summed E-state index contributed by atoms with van der Waals surface area (Å²) in [5, 5.41) is 8.95. The van der Waals surface area contributed by atoms with Crippen molar-refractivity contribution < 1.29 is 9.90 Å². The molecule has 1 aromatic carbocycles. The number of pyridine rings is 1. The summed E-state index contributed by atoms with van der Waals surface area (Å²) >= 11 is 0. The predicted octanol–water partition coefficient (Wildman–Crippen LogP) is 2.57. The molecule has 0 unspecified atom stereocenters. The van der Waals surface area contributed by atoms with E-state index in [0.717, 1.165) is 11.3 Å². The highest BCUT2D eigenvalue weighted by molar-refractivity contribution is 5.87. The van der Waals surface area contributed by atoms with Crippen LogP contribution in [0.15, 0.2) is 53.5 Å². The zero-order valence-electron chi connectivity index (χ0n) is 11.1. The van der Waals surface area contributed by atoms with E-state index in [9.17, 15) is 9.59 Å². The molecule has 0 aliphatic rings. The van der Waals surface area contributed by atoms with Crippen LogP contribution in [0.3, 0.4) is 0 Å². The van der Waals surface area contributed by atoms with Crippen LogP contribution in [-0.2, 0) is 6.54 Å². The molecule has 0 amide bonds. The third-order valence-corrected chi connectivity index (χ3v) is 2.99. The van der Waals surface area contributed by atoms with E-state index in [2.05, 4.69) is 0 Å². The van der Waals surface area contributed by atoms with Gasteiger partial charge in [0.2, 0.25) is 0 Å². The average Bonchev–Trinajstić information content (AvgIpc) is 2.42. The Kier molecular flexibility index (Phi) is 4.15. The zero-order chi connectivity index (χ0) is 14.5. The van der Waals surface area contributed by atoms with Crippen molar-refractivity contribution in [3.63, 3.8) is 0 Å². The van der Waals surface area contributed by atoms with Crippen LogP contribution in [-0.4, -0.2) is 15.6 Å². The van der Waals surface area contributed by atoms with Crippen LogP contribution in [0.2, 0.25) is 0 Å². The minimum Gasteiger partial charge on any atom is -0.477 e. The molecule has 0 aliphatic carbocycles. The fraction of sp³-hybridized carbons (Fsp3) is 0.125. The molecule has 1 N–H and O–H groups in total. The van der Waals surface area contributed by atoms with Crippen molar-refractivity contribution in [3.05, 3.63) is 75.7 Å². The second kappa shape index (κ2) is 6.02. The molecule has 1 aromatic heterocycles. The van der Waals surface area contributed by atoms with Crippen LogP contribution >= 0.6 is 0 Å². The van der Waals surface area contributed by atoms with Crippen molar-refractivity contribution in [1.29, 1.82) is 0 Å². The molecule has 0 aliphatic heterocycles. The van der Waals surface area contributed by atoms with Crippen LogP contribution < -0.4 is 5.43 Å². The topological polar surface area (TPSA) is 59.3 Å². The quantitative estimate of drug-likeness (QED) is 0.928. The summed E-state index contributed by atoms with van der Waals surface area (Å²) in [5.74, 6) is -1.20. The number of benzene rings is 1. The Bertz CT molecular complexity index is 699. The summed E-state index contributed by atoms with van der Waals surface area (Å²) in [6.07, 6.45) is 5.27. The van der Waals surface area contributed by atoms with Crippen molar-refractivity contribution in [2.24, 2.45) is 0 Å². The molecule has 4 nitrogen and oxygen atoms in total. The van der Waals surface area contributed by atoms with E-state index >= 15 is 0 Å². The molecule has 0 atom stereocenters. The van der Waals surface area contributed by atoms with Gasteiger partial charge in [0.25, 0.3) is 0 Å². The van der Waals surface area contributed by atoms with Gasteiger partial charge >= 0.3 is 5.97 Å². The number of hydrogen-bond acceptors (Lipinski definition) is 2. The first-order chi connectivity index (χ1) is 9.58. The summed E-state index contributed by atoms with van der Waals surface area (Å²) in [6.45, 7) is 2.30. The monoisotopic (exact) mass is 269 g/mol. The maximum Gasteiger partial charge on any atom is 0.341 e. The number of rotatable bonds is 4. The van der Waals surface area contributed by atoms with E-state index in [1.807, 2.05) is 42.5 Å². The van der Waals surface area contributed by atoms with Gasteiger partial charge in [0.15, 0.2) is 5.43 Å². The Morgan fingerprint density at radius 1 is 1.30 bits per heavy atom. The highest BCUT2D eigenvalue weighted by atomic mass is 16.4. The normalized spacial score (nSPS) is 10.8. The average molecular weight is 269 g/mol. The number of carboxylic acids is 1. The highest BCUT2D eigenvalue weighted by Crippen LogP contribution is 2.04. The maximum absolute atomic E-state index is 11.5. The standard InChI is InChI=1S/C16H15NO3/c1-12-10-15(18)14(16(19)20)11-17(12)9-5-8-13-6-3-2-4-7-13/h2-8,10-11H,9H2,1H3,(H,19,20)/b8-5+. The fourth-order valence-electron chi connectivity index (χ4n) is 1.90. The minimum absolute atomic E-state index is 0.205. The van der Waals surface area contributed by atoms with Crippen molar-refractivity contribution >= 4 is 12.0 Å². The maximum atomic E-state index is 11.5. The lowest BCUT2D eigenvalue weighted by Crippen LogP contribution is -2.18. The van der Waals surface area contributed by atoms with Gasteiger partial charge in [0, 0.05) is 24.5 Å². The van der Waals surface area contributed by atoms with Gasteiger partial charge in [-0.25, -0.2) is 4.79 Å². The number of allylic oxidation sites excluding steroid dienone is 1. The second-order valence-corrected chi connectivity index (χ2v) is 4.46.